The number of halogens is 2. The zero-order chi connectivity index (χ0) is 11.7. The second-order valence-corrected chi connectivity index (χ2v) is 2.66. The fourth-order valence-electron chi connectivity index (χ4n) is 0.236. The van der Waals surface area contributed by atoms with Crippen molar-refractivity contribution in [3.8, 4) is 0 Å². The third-order valence-corrected chi connectivity index (χ3v) is 1.64. The van der Waals surface area contributed by atoms with Gasteiger partial charge in [-0.1, -0.05) is 35.4 Å². The SMILES string of the molecule is C/C=C(\Cl)C(=O)[O-].C/C=C(\Cl)C(=O)[O-].[Zn+2]. The summed E-state index contributed by atoms with van der Waals surface area (Å²) < 4.78 is 0. The molecule has 7 heteroatoms. The minimum Gasteiger partial charge on any atom is -0.544 e. The maximum Gasteiger partial charge on any atom is 2.00 e. The standard InChI is InChI=1S/2C4H5ClO2.Zn/c2*1-2-3(5)4(6)7;/h2*2H,1H3,(H,6,7);/q;;+2/p-2/b2*3-2-;. The van der Waals surface area contributed by atoms with E-state index in [1.165, 1.54) is 26.0 Å². The van der Waals surface area contributed by atoms with E-state index in [1.807, 2.05) is 0 Å². The summed E-state index contributed by atoms with van der Waals surface area (Å²) in [5, 5.41) is 18.7. The Morgan fingerprint density at radius 1 is 0.933 bits per heavy atom. The zero-order valence-corrected chi connectivity index (χ0v) is 12.7. The molecule has 0 aromatic carbocycles. The Labute approximate surface area is 110 Å². The molecule has 0 bridgehead atoms. The van der Waals surface area contributed by atoms with Crippen LogP contribution in [-0.2, 0) is 29.1 Å². The van der Waals surface area contributed by atoms with E-state index in [-0.39, 0.29) is 29.5 Å². The normalized spacial score (nSPS) is 10.7. The van der Waals surface area contributed by atoms with Crippen LogP contribution in [0.4, 0.5) is 0 Å². The van der Waals surface area contributed by atoms with Crippen molar-refractivity contribution in [3.63, 3.8) is 0 Å². The van der Waals surface area contributed by atoms with Gasteiger partial charge in [-0.15, -0.1) is 0 Å². The van der Waals surface area contributed by atoms with E-state index in [9.17, 15) is 19.8 Å². The molecular weight excluding hydrogens is 296 g/mol. The minimum atomic E-state index is -1.33. The molecule has 0 amide bonds. The average Bonchev–Trinajstić information content (AvgIpc) is 2.15. The molecule has 0 heterocycles. The predicted molar refractivity (Wildman–Crippen MR) is 49.2 cm³/mol. The van der Waals surface area contributed by atoms with Crippen molar-refractivity contribution in [3.05, 3.63) is 22.2 Å². The van der Waals surface area contributed by atoms with Crippen LogP contribution in [0.3, 0.4) is 0 Å². The van der Waals surface area contributed by atoms with Gasteiger partial charge in [0.2, 0.25) is 0 Å². The molecule has 0 aliphatic carbocycles. The number of allylic oxidation sites excluding steroid dienone is 2. The van der Waals surface area contributed by atoms with Crippen LogP contribution < -0.4 is 10.2 Å². The Bertz CT molecular complexity index is 246. The number of carboxylic acids is 2. The average molecular weight is 304 g/mol. The second kappa shape index (κ2) is 11.7. The molecule has 0 radical (unpaired) electrons. The van der Waals surface area contributed by atoms with Gasteiger partial charge in [-0.2, -0.15) is 0 Å². The Balaban J connectivity index is -0.000000180. The van der Waals surface area contributed by atoms with Crippen LogP contribution in [0.5, 0.6) is 0 Å². The Morgan fingerprint density at radius 2 is 1.13 bits per heavy atom. The number of hydrogen-bond acceptors (Lipinski definition) is 4. The van der Waals surface area contributed by atoms with Gasteiger partial charge in [0.1, 0.15) is 0 Å². The van der Waals surface area contributed by atoms with Gasteiger partial charge < -0.3 is 19.8 Å². The number of aliphatic carboxylic acids is 2. The maximum atomic E-state index is 9.62. The van der Waals surface area contributed by atoms with Crippen LogP contribution in [-0.4, -0.2) is 11.9 Å². The zero-order valence-electron chi connectivity index (χ0n) is 8.25. The van der Waals surface area contributed by atoms with Gasteiger partial charge in [0.25, 0.3) is 0 Å². The number of rotatable bonds is 2. The summed E-state index contributed by atoms with van der Waals surface area (Å²) >= 11 is 10.00. The van der Waals surface area contributed by atoms with Gasteiger partial charge in [-0.3, -0.25) is 0 Å². The van der Waals surface area contributed by atoms with Crippen LogP contribution in [0.25, 0.3) is 0 Å². The Kier molecular flexibility index (Phi) is 15.7. The topological polar surface area (TPSA) is 80.3 Å². The number of carboxylic acid groups (broad SMARTS) is 2. The molecule has 0 aromatic heterocycles. The van der Waals surface area contributed by atoms with Crippen molar-refractivity contribution >= 4 is 35.1 Å². The van der Waals surface area contributed by atoms with E-state index in [1.54, 1.807) is 0 Å². The molecule has 0 aliphatic heterocycles. The molecule has 0 aromatic rings. The third kappa shape index (κ3) is 13.6. The minimum absolute atomic E-state index is 0. The van der Waals surface area contributed by atoms with Gasteiger partial charge in [0.05, 0.1) is 22.0 Å². The molecule has 0 aliphatic rings. The molecule has 15 heavy (non-hydrogen) atoms. The van der Waals surface area contributed by atoms with Gasteiger partial charge >= 0.3 is 19.5 Å². The first kappa shape index (κ1) is 20.1. The van der Waals surface area contributed by atoms with Crippen LogP contribution in [0.1, 0.15) is 13.8 Å². The molecule has 80 valence electrons. The second-order valence-electron chi connectivity index (χ2n) is 1.85. The summed E-state index contributed by atoms with van der Waals surface area (Å²) in [5.41, 5.74) is 0. The third-order valence-electron chi connectivity index (χ3n) is 0.897. The molecule has 0 unspecified atom stereocenters. The molecule has 4 nitrogen and oxygen atoms in total. The van der Waals surface area contributed by atoms with E-state index in [4.69, 9.17) is 23.2 Å². The van der Waals surface area contributed by atoms with Crippen molar-refractivity contribution < 1.29 is 39.3 Å². The van der Waals surface area contributed by atoms with Gasteiger partial charge in [0.15, 0.2) is 0 Å². The van der Waals surface area contributed by atoms with Crippen LogP contribution in [0, 0.1) is 0 Å². The quantitative estimate of drug-likeness (QED) is 0.521. The number of carbonyl (C=O) groups excluding carboxylic acids is 2. The van der Waals surface area contributed by atoms with Gasteiger partial charge in [-0.25, -0.2) is 0 Å². The number of carbonyl (C=O) groups is 2. The first-order valence-corrected chi connectivity index (χ1v) is 4.18. The fourth-order valence-corrected chi connectivity index (χ4v) is 0.236. The number of hydrogen-bond donors (Lipinski definition) is 0. The molecule has 0 atom stereocenters. The summed E-state index contributed by atoms with van der Waals surface area (Å²) in [6.07, 6.45) is 2.52. The van der Waals surface area contributed by atoms with Crippen LogP contribution >= 0.6 is 23.2 Å². The molecule has 0 spiro atoms. The van der Waals surface area contributed by atoms with E-state index >= 15 is 0 Å². The van der Waals surface area contributed by atoms with Gasteiger partial charge in [0, 0.05) is 0 Å². The monoisotopic (exact) mass is 302 g/mol. The smallest absolute Gasteiger partial charge is 0.544 e. The van der Waals surface area contributed by atoms with Gasteiger partial charge in [-0.05, 0) is 13.8 Å². The predicted octanol–water partition coefficient (Wildman–Crippen LogP) is -0.245. The van der Waals surface area contributed by atoms with E-state index in [0.29, 0.717) is 0 Å². The maximum absolute atomic E-state index is 9.62. The summed E-state index contributed by atoms with van der Waals surface area (Å²) in [7, 11) is 0. The van der Waals surface area contributed by atoms with Crippen molar-refractivity contribution in [1.29, 1.82) is 0 Å². The van der Waals surface area contributed by atoms with Crippen molar-refractivity contribution in [1.82, 2.24) is 0 Å². The molecule has 0 saturated heterocycles. The van der Waals surface area contributed by atoms with Crippen molar-refractivity contribution in [2.75, 3.05) is 0 Å². The summed E-state index contributed by atoms with van der Waals surface area (Å²) in [5.74, 6) is -2.66. The Hall–Kier alpha value is -0.377. The summed E-state index contributed by atoms with van der Waals surface area (Å²) in [6.45, 7) is 3.05. The molecule has 0 fully saturated rings. The van der Waals surface area contributed by atoms with Crippen molar-refractivity contribution in [2.24, 2.45) is 0 Å². The molecule has 0 rings (SSSR count). The van der Waals surface area contributed by atoms with Crippen LogP contribution in [0.2, 0.25) is 0 Å². The van der Waals surface area contributed by atoms with Crippen LogP contribution in [0.15, 0.2) is 22.2 Å². The Morgan fingerprint density at radius 3 is 1.13 bits per heavy atom. The molecule has 0 saturated carbocycles. The first-order chi connectivity index (χ1) is 6.36. The summed E-state index contributed by atoms with van der Waals surface area (Å²) in [4.78, 5) is 19.2. The van der Waals surface area contributed by atoms with E-state index < -0.39 is 11.9 Å². The first-order valence-electron chi connectivity index (χ1n) is 3.43. The molecular formula is C8H8Cl2O4Zn. The largest absolute Gasteiger partial charge is 2.00 e. The van der Waals surface area contributed by atoms with E-state index in [2.05, 4.69) is 0 Å². The van der Waals surface area contributed by atoms with E-state index in [0.717, 1.165) is 0 Å². The fraction of sp³-hybridized carbons (Fsp3) is 0.250. The summed E-state index contributed by atoms with van der Waals surface area (Å²) in [6, 6.07) is 0. The molecule has 0 N–H and O–H groups in total. The van der Waals surface area contributed by atoms with Crippen molar-refractivity contribution in [2.45, 2.75) is 13.8 Å².